The van der Waals surface area contributed by atoms with Crippen molar-refractivity contribution in [3.63, 3.8) is 0 Å². The van der Waals surface area contributed by atoms with E-state index in [1.165, 1.54) is 167 Å². The maximum absolute atomic E-state index is 12.1. The van der Waals surface area contributed by atoms with Gasteiger partial charge in [-0.15, -0.1) is 0 Å². The minimum Gasteiger partial charge on any atom is -0.462 e. The van der Waals surface area contributed by atoms with Gasteiger partial charge in [-0.1, -0.05) is 180 Å². The molecule has 0 fully saturated rings. The smallest absolute Gasteiger partial charge is 0.333 e. The van der Waals surface area contributed by atoms with Crippen molar-refractivity contribution in [3.8, 4) is 0 Å². The Morgan fingerprint density at radius 1 is 0.459 bits per heavy atom. The third-order valence-corrected chi connectivity index (χ3v) is 7.81. The zero-order valence-corrected chi connectivity index (χ0v) is 25.9. The topological polar surface area (TPSA) is 26.3 Å². The summed E-state index contributed by atoms with van der Waals surface area (Å²) in [5.41, 5.74) is 0.795. The second-order valence-electron chi connectivity index (χ2n) is 11.7. The van der Waals surface area contributed by atoms with Gasteiger partial charge in [0.15, 0.2) is 0 Å². The van der Waals surface area contributed by atoms with E-state index in [1.54, 1.807) is 0 Å². The van der Waals surface area contributed by atoms with Crippen LogP contribution < -0.4 is 0 Å². The van der Waals surface area contributed by atoms with E-state index < -0.39 is 0 Å². The molecular weight excluding hydrogens is 452 g/mol. The van der Waals surface area contributed by atoms with Crippen LogP contribution in [-0.2, 0) is 9.53 Å². The first-order valence-electron chi connectivity index (χ1n) is 17.1. The summed E-state index contributed by atoms with van der Waals surface area (Å²) in [6, 6.07) is 0. The van der Waals surface area contributed by atoms with Gasteiger partial charge in [0.25, 0.3) is 0 Å². The third-order valence-electron chi connectivity index (χ3n) is 7.81. The standard InChI is InChI=1S/C35H68O2/c1-4-6-8-10-12-14-16-17-18-19-20-21-22-24-26-28-30-32-34(3)35(36)37-33-31-29-27-25-23-15-13-11-9-7-5-2/h32H,4-31,33H2,1-3H3. The quantitative estimate of drug-likeness (QED) is 0.0534. The Kier molecular flexibility index (Phi) is 30.8. The molecule has 0 atom stereocenters. The average Bonchev–Trinajstić information content (AvgIpc) is 2.90. The van der Waals surface area contributed by atoms with Gasteiger partial charge in [0.2, 0.25) is 0 Å². The van der Waals surface area contributed by atoms with Crippen LogP contribution in [0.5, 0.6) is 0 Å². The maximum Gasteiger partial charge on any atom is 0.333 e. The molecule has 0 spiro atoms. The van der Waals surface area contributed by atoms with Gasteiger partial charge in [0, 0.05) is 5.57 Å². The van der Waals surface area contributed by atoms with Gasteiger partial charge in [-0.25, -0.2) is 4.79 Å². The highest BCUT2D eigenvalue weighted by Gasteiger charge is 2.05. The molecule has 0 aliphatic rings. The van der Waals surface area contributed by atoms with Gasteiger partial charge < -0.3 is 4.74 Å². The van der Waals surface area contributed by atoms with Crippen molar-refractivity contribution in [1.29, 1.82) is 0 Å². The minimum absolute atomic E-state index is 0.108. The predicted molar refractivity (Wildman–Crippen MR) is 165 cm³/mol. The molecule has 0 N–H and O–H groups in total. The molecule has 0 aliphatic carbocycles. The summed E-state index contributed by atoms with van der Waals surface area (Å²) < 4.78 is 5.46. The lowest BCUT2D eigenvalue weighted by Gasteiger charge is -2.06. The lowest BCUT2D eigenvalue weighted by Crippen LogP contribution is -2.07. The van der Waals surface area contributed by atoms with Crippen LogP contribution in [0.15, 0.2) is 11.6 Å². The molecule has 2 nitrogen and oxygen atoms in total. The summed E-state index contributed by atoms with van der Waals surface area (Å²) in [6.45, 7) is 7.06. The Morgan fingerprint density at radius 2 is 0.757 bits per heavy atom. The second-order valence-corrected chi connectivity index (χ2v) is 11.7. The fourth-order valence-corrected chi connectivity index (χ4v) is 5.14. The third kappa shape index (κ3) is 29.6. The SMILES string of the molecule is CCCCCCCCCCCCCCCCCCC=C(C)C(=O)OCCCCCCCCCCCCC. The number of rotatable bonds is 30. The van der Waals surface area contributed by atoms with Crippen molar-refractivity contribution in [2.75, 3.05) is 6.61 Å². The number of allylic oxidation sites excluding steroid dienone is 1. The van der Waals surface area contributed by atoms with Crippen molar-refractivity contribution in [2.24, 2.45) is 0 Å². The second kappa shape index (κ2) is 31.4. The van der Waals surface area contributed by atoms with Crippen LogP contribution in [0, 0.1) is 0 Å². The Balaban J connectivity index is 3.35. The Hall–Kier alpha value is -0.790. The zero-order chi connectivity index (χ0) is 27.1. The Bertz CT molecular complexity index is 482. The van der Waals surface area contributed by atoms with Crippen LogP contribution in [-0.4, -0.2) is 12.6 Å². The van der Waals surface area contributed by atoms with E-state index in [4.69, 9.17) is 4.74 Å². The summed E-state index contributed by atoms with van der Waals surface area (Å²) in [6.07, 6.45) is 40.0. The van der Waals surface area contributed by atoms with E-state index >= 15 is 0 Å². The van der Waals surface area contributed by atoms with Crippen molar-refractivity contribution < 1.29 is 9.53 Å². The first-order valence-corrected chi connectivity index (χ1v) is 17.1. The molecule has 0 aromatic rings. The zero-order valence-electron chi connectivity index (χ0n) is 25.9. The number of ether oxygens (including phenoxy) is 1. The molecule has 220 valence electrons. The average molecular weight is 521 g/mol. The molecule has 0 aromatic carbocycles. The van der Waals surface area contributed by atoms with Crippen LogP contribution in [0.1, 0.15) is 201 Å². The first-order chi connectivity index (χ1) is 18.2. The van der Waals surface area contributed by atoms with Gasteiger partial charge in [0.05, 0.1) is 6.61 Å². The molecule has 0 radical (unpaired) electrons. The number of esters is 1. The van der Waals surface area contributed by atoms with Crippen LogP contribution in [0.3, 0.4) is 0 Å². The minimum atomic E-state index is -0.108. The molecule has 0 bridgehead atoms. The van der Waals surface area contributed by atoms with Crippen LogP contribution >= 0.6 is 0 Å². The maximum atomic E-state index is 12.1. The van der Waals surface area contributed by atoms with E-state index in [2.05, 4.69) is 19.9 Å². The number of hydrogen-bond acceptors (Lipinski definition) is 2. The molecule has 0 unspecified atom stereocenters. The molecule has 0 aliphatic heterocycles. The number of hydrogen-bond donors (Lipinski definition) is 0. The van der Waals surface area contributed by atoms with Gasteiger partial charge in [-0.2, -0.15) is 0 Å². The highest BCUT2D eigenvalue weighted by Crippen LogP contribution is 2.15. The monoisotopic (exact) mass is 521 g/mol. The van der Waals surface area contributed by atoms with Crippen LogP contribution in [0.2, 0.25) is 0 Å². The molecule has 37 heavy (non-hydrogen) atoms. The van der Waals surface area contributed by atoms with Crippen LogP contribution in [0.25, 0.3) is 0 Å². The highest BCUT2D eigenvalue weighted by molar-refractivity contribution is 5.87. The van der Waals surface area contributed by atoms with Gasteiger partial charge >= 0.3 is 5.97 Å². The van der Waals surface area contributed by atoms with Gasteiger partial charge in [-0.05, 0) is 26.2 Å². The molecule has 0 saturated heterocycles. The summed E-state index contributed by atoms with van der Waals surface area (Å²) in [5, 5.41) is 0. The number of carbonyl (C=O) groups is 1. The van der Waals surface area contributed by atoms with E-state index in [9.17, 15) is 4.79 Å². The lowest BCUT2D eigenvalue weighted by atomic mass is 10.0. The fourth-order valence-electron chi connectivity index (χ4n) is 5.14. The van der Waals surface area contributed by atoms with E-state index in [0.29, 0.717) is 6.61 Å². The number of unbranched alkanes of at least 4 members (excludes halogenated alkanes) is 26. The summed E-state index contributed by atoms with van der Waals surface area (Å²) in [7, 11) is 0. The summed E-state index contributed by atoms with van der Waals surface area (Å²) in [4.78, 5) is 12.1. The molecule has 0 amide bonds. The lowest BCUT2D eigenvalue weighted by molar-refractivity contribution is -0.139. The number of carbonyl (C=O) groups excluding carboxylic acids is 1. The van der Waals surface area contributed by atoms with E-state index in [-0.39, 0.29) is 5.97 Å². The molecule has 0 aromatic heterocycles. The fraction of sp³-hybridized carbons (Fsp3) is 0.914. The van der Waals surface area contributed by atoms with Crippen molar-refractivity contribution in [2.45, 2.75) is 201 Å². The first kappa shape index (κ1) is 36.2. The molecule has 0 rings (SSSR count). The van der Waals surface area contributed by atoms with Crippen molar-refractivity contribution >= 4 is 5.97 Å². The Labute approximate surface area is 234 Å². The van der Waals surface area contributed by atoms with E-state index in [0.717, 1.165) is 18.4 Å². The molecular formula is C35H68O2. The molecule has 0 heterocycles. The highest BCUT2D eigenvalue weighted by atomic mass is 16.5. The molecule has 2 heteroatoms. The Morgan fingerprint density at radius 3 is 1.11 bits per heavy atom. The molecule has 0 saturated carbocycles. The van der Waals surface area contributed by atoms with Gasteiger partial charge in [0.1, 0.15) is 0 Å². The van der Waals surface area contributed by atoms with Crippen LogP contribution in [0.4, 0.5) is 0 Å². The van der Waals surface area contributed by atoms with Gasteiger partial charge in [-0.3, -0.25) is 0 Å². The van der Waals surface area contributed by atoms with Crippen molar-refractivity contribution in [3.05, 3.63) is 11.6 Å². The summed E-state index contributed by atoms with van der Waals surface area (Å²) in [5.74, 6) is -0.108. The van der Waals surface area contributed by atoms with Crippen molar-refractivity contribution in [1.82, 2.24) is 0 Å². The normalized spacial score (nSPS) is 11.8. The predicted octanol–water partition coefficient (Wildman–Crippen LogP) is 12.4. The van der Waals surface area contributed by atoms with E-state index in [1.807, 2.05) is 6.92 Å². The largest absolute Gasteiger partial charge is 0.462 e. The summed E-state index contributed by atoms with van der Waals surface area (Å²) >= 11 is 0.